The van der Waals surface area contributed by atoms with E-state index in [9.17, 15) is 27.2 Å². The molecule has 1 fully saturated rings. The molecule has 0 aliphatic carbocycles. The maximum absolute atomic E-state index is 13.4. The zero-order chi connectivity index (χ0) is 20.5. The molecule has 0 spiro atoms. The van der Waals surface area contributed by atoms with E-state index in [2.05, 4.69) is 9.97 Å². The Morgan fingerprint density at radius 1 is 1.21 bits per heavy atom. The van der Waals surface area contributed by atoms with Crippen LogP contribution in [-0.4, -0.2) is 47.0 Å². The van der Waals surface area contributed by atoms with Crippen LogP contribution in [0.1, 0.15) is 16.8 Å². The van der Waals surface area contributed by atoms with Crippen molar-refractivity contribution in [1.29, 1.82) is 0 Å². The van der Waals surface area contributed by atoms with Crippen LogP contribution in [0.2, 0.25) is 0 Å². The third kappa shape index (κ3) is 4.32. The summed E-state index contributed by atoms with van der Waals surface area (Å²) in [6.45, 7) is 2.75. The molecule has 6 nitrogen and oxygen atoms in total. The summed E-state index contributed by atoms with van der Waals surface area (Å²) >= 11 is 0. The van der Waals surface area contributed by atoms with Crippen LogP contribution < -0.4 is 10.5 Å². The molecular formula is C18H18F4N4O2. The normalized spacial score (nSPS) is 15.0. The summed E-state index contributed by atoms with van der Waals surface area (Å²) in [6.07, 6.45) is -4.59. The van der Waals surface area contributed by atoms with Gasteiger partial charge in [-0.05, 0) is 18.6 Å². The minimum atomic E-state index is -4.46. The highest BCUT2D eigenvalue weighted by molar-refractivity contribution is 5.79. The van der Waals surface area contributed by atoms with E-state index >= 15 is 0 Å². The maximum Gasteiger partial charge on any atom is 0.416 e. The molecule has 1 aliphatic heterocycles. The molecular weight excluding hydrogens is 380 g/mol. The summed E-state index contributed by atoms with van der Waals surface area (Å²) in [4.78, 5) is 33.6. The van der Waals surface area contributed by atoms with Crippen molar-refractivity contribution < 1.29 is 22.4 Å². The number of rotatable bonds is 3. The average Bonchev–Trinajstić information content (AvgIpc) is 2.65. The monoisotopic (exact) mass is 398 g/mol. The Morgan fingerprint density at radius 3 is 2.50 bits per heavy atom. The van der Waals surface area contributed by atoms with Crippen LogP contribution in [0.15, 0.2) is 29.1 Å². The van der Waals surface area contributed by atoms with Crippen molar-refractivity contribution in [2.45, 2.75) is 19.5 Å². The number of halogens is 4. The number of nitrogens with one attached hydrogen (secondary N) is 1. The van der Waals surface area contributed by atoms with Crippen LogP contribution in [-0.2, 0) is 17.4 Å². The molecule has 0 atom stereocenters. The first-order valence-corrected chi connectivity index (χ1v) is 8.60. The molecule has 2 heterocycles. The van der Waals surface area contributed by atoms with Gasteiger partial charge in [0, 0.05) is 26.2 Å². The van der Waals surface area contributed by atoms with Crippen LogP contribution >= 0.6 is 0 Å². The average molecular weight is 398 g/mol. The number of aryl methyl sites for hydroxylation is 1. The second-order valence-corrected chi connectivity index (χ2v) is 6.53. The quantitative estimate of drug-likeness (QED) is 0.805. The molecule has 0 bridgehead atoms. The van der Waals surface area contributed by atoms with E-state index in [1.54, 1.807) is 9.80 Å². The summed E-state index contributed by atoms with van der Waals surface area (Å²) in [5.74, 6) is -0.983. The molecule has 1 aromatic heterocycles. The number of benzene rings is 1. The number of hydrogen-bond acceptors (Lipinski definition) is 4. The molecule has 1 aliphatic rings. The number of carbonyl (C=O) groups excluding carboxylic acids is 1. The second kappa shape index (κ2) is 7.61. The van der Waals surface area contributed by atoms with Crippen molar-refractivity contribution in [3.05, 3.63) is 57.3 Å². The summed E-state index contributed by atoms with van der Waals surface area (Å²) in [5, 5.41) is 0. The lowest BCUT2D eigenvalue weighted by molar-refractivity contribution is -0.138. The molecule has 1 amide bonds. The van der Waals surface area contributed by atoms with E-state index in [0.717, 1.165) is 12.1 Å². The third-order valence-electron chi connectivity index (χ3n) is 4.56. The Balaban J connectivity index is 1.62. The van der Waals surface area contributed by atoms with Gasteiger partial charge >= 0.3 is 6.18 Å². The molecule has 0 radical (unpaired) electrons. The number of amides is 1. The first kappa shape index (κ1) is 19.8. The molecule has 1 N–H and O–H groups in total. The van der Waals surface area contributed by atoms with Crippen LogP contribution in [0.5, 0.6) is 0 Å². The number of alkyl halides is 3. The number of carbonyl (C=O) groups is 1. The van der Waals surface area contributed by atoms with Gasteiger partial charge in [0.15, 0.2) is 0 Å². The number of aromatic amines is 1. The molecule has 0 saturated carbocycles. The van der Waals surface area contributed by atoms with Crippen molar-refractivity contribution in [1.82, 2.24) is 14.9 Å². The zero-order valence-corrected chi connectivity index (χ0v) is 15.0. The first-order valence-electron chi connectivity index (χ1n) is 8.60. The molecule has 0 unspecified atom stereocenters. The molecule has 150 valence electrons. The van der Waals surface area contributed by atoms with Gasteiger partial charge in [-0.2, -0.15) is 17.6 Å². The Kier molecular flexibility index (Phi) is 5.39. The number of aromatic nitrogens is 2. The second-order valence-electron chi connectivity index (χ2n) is 6.53. The predicted octanol–water partition coefficient (Wildman–Crippen LogP) is 2.13. The van der Waals surface area contributed by atoms with Crippen molar-refractivity contribution in [2.75, 3.05) is 31.1 Å². The third-order valence-corrected chi connectivity index (χ3v) is 4.56. The topological polar surface area (TPSA) is 69.3 Å². The summed E-state index contributed by atoms with van der Waals surface area (Å²) in [7, 11) is 0. The smallest absolute Gasteiger partial charge is 0.339 e. The van der Waals surface area contributed by atoms with E-state index in [-0.39, 0.29) is 24.0 Å². The minimum absolute atomic E-state index is 0.0122. The van der Waals surface area contributed by atoms with Crippen LogP contribution in [0.3, 0.4) is 0 Å². The molecule has 28 heavy (non-hydrogen) atoms. The molecule has 3 rings (SSSR count). The molecule has 1 aromatic carbocycles. The summed E-state index contributed by atoms with van der Waals surface area (Å²) in [5.41, 5.74) is -1.36. The lowest BCUT2D eigenvalue weighted by Crippen LogP contribution is -2.50. The van der Waals surface area contributed by atoms with Gasteiger partial charge in [-0.3, -0.25) is 14.6 Å². The van der Waals surface area contributed by atoms with Crippen molar-refractivity contribution in [3.63, 3.8) is 0 Å². The van der Waals surface area contributed by atoms with Gasteiger partial charge in [0.1, 0.15) is 0 Å². The van der Waals surface area contributed by atoms with Crippen molar-refractivity contribution in [2.24, 2.45) is 0 Å². The highest BCUT2D eigenvalue weighted by Gasteiger charge is 2.31. The first-order chi connectivity index (χ1) is 13.1. The Morgan fingerprint density at radius 2 is 1.89 bits per heavy atom. The Labute approximate surface area is 157 Å². The summed E-state index contributed by atoms with van der Waals surface area (Å²) < 4.78 is 51.8. The number of nitrogens with zero attached hydrogens (tertiary/aromatic N) is 3. The lowest BCUT2D eigenvalue weighted by Gasteiger charge is -2.35. The van der Waals surface area contributed by atoms with E-state index in [0.29, 0.717) is 31.7 Å². The predicted molar refractivity (Wildman–Crippen MR) is 93.5 cm³/mol. The Hall–Kier alpha value is -2.91. The highest BCUT2D eigenvalue weighted by Crippen LogP contribution is 2.29. The van der Waals surface area contributed by atoms with Crippen LogP contribution in [0, 0.1) is 12.7 Å². The van der Waals surface area contributed by atoms with Gasteiger partial charge in [0.25, 0.3) is 5.56 Å². The van der Waals surface area contributed by atoms with Crippen LogP contribution in [0.25, 0.3) is 0 Å². The van der Waals surface area contributed by atoms with Gasteiger partial charge in [-0.1, -0.05) is 18.2 Å². The van der Waals surface area contributed by atoms with Crippen molar-refractivity contribution in [3.8, 4) is 0 Å². The fourth-order valence-electron chi connectivity index (χ4n) is 3.02. The Bertz CT molecular complexity index is 934. The largest absolute Gasteiger partial charge is 0.416 e. The maximum atomic E-state index is 13.4. The highest BCUT2D eigenvalue weighted by atomic mass is 19.4. The van der Waals surface area contributed by atoms with Gasteiger partial charge in [0.2, 0.25) is 17.7 Å². The number of anilines is 1. The standard InChI is InChI=1S/C18H18F4N4O2/c1-11-15(19)16(28)24-17(23-11)26-7-5-25(6-8-26)14(27)10-12-3-2-4-13(9-12)18(20,21)22/h2-4,9H,5-8,10H2,1H3,(H,23,24,28). The fourth-order valence-corrected chi connectivity index (χ4v) is 3.02. The van der Waals surface area contributed by atoms with Gasteiger partial charge in [0.05, 0.1) is 17.7 Å². The van der Waals surface area contributed by atoms with E-state index < -0.39 is 23.1 Å². The molecule has 1 saturated heterocycles. The minimum Gasteiger partial charge on any atom is -0.339 e. The van der Waals surface area contributed by atoms with E-state index in [4.69, 9.17) is 0 Å². The van der Waals surface area contributed by atoms with Crippen molar-refractivity contribution >= 4 is 11.9 Å². The van der Waals surface area contributed by atoms with E-state index in [1.807, 2.05) is 0 Å². The zero-order valence-electron chi connectivity index (χ0n) is 15.0. The number of piperazine rings is 1. The molecule has 2 aromatic rings. The fraction of sp³-hybridized carbons (Fsp3) is 0.389. The van der Waals surface area contributed by atoms with Gasteiger partial charge < -0.3 is 9.80 Å². The van der Waals surface area contributed by atoms with E-state index in [1.165, 1.54) is 19.1 Å². The lowest BCUT2D eigenvalue weighted by atomic mass is 10.1. The molecule has 10 heteroatoms. The SMILES string of the molecule is Cc1nc(N2CCN(C(=O)Cc3cccc(C(F)(F)F)c3)CC2)[nH]c(=O)c1F. The van der Waals surface area contributed by atoms with Gasteiger partial charge in [-0.25, -0.2) is 4.98 Å². The van der Waals surface area contributed by atoms with Crippen LogP contribution in [0.4, 0.5) is 23.5 Å². The number of hydrogen-bond donors (Lipinski definition) is 1. The van der Waals surface area contributed by atoms with Gasteiger partial charge in [-0.15, -0.1) is 0 Å². The summed E-state index contributed by atoms with van der Waals surface area (Å²) in [6, 6.07) is 4.71. The number of H-pyrrole nitrogens is 1.